The molecule has 0 aliphatic rings. The second-order valence-electron chi connectivity index (χ2n) is 4.01. The van der Waals surface area contributed by atoms with Gasteiger partial charge in [-0.1, -0.05) is 35.3 Å². The minimum Gasteiger partial charge on any atom is -0.508 e. The highest BCUT2D eigenvalue weighted by Gasteiger charge is 2.05. The molecule has 0 heterocycles. The van der Waals surface area contributed by atoms with Crippen LogP contribution in [-0.2, 0) is 6.42 Å². The third kappa shape index (κ3) is 2.89. The van der Waals surface area contributed by atoms with E-state index in [0.717, 1.165) is 16.8 Å². The number of phenols is 1. The van der Waals surface area contributed by atoms with E-state index >= 15 is 0 Å². The Morgan fingerprint density at radius 1 is 1.11 bits per heavy atom. The number of aromatic hydroxyl groups is 1. The second kappa shape index (κ2) is 5.51. The van der Waals surface area contributed by atoms with Crippen molar-refractivity contribution in [3.8, 4) is 5.75 Å². The molecule has 94 valence electrons. The molecule has 18 heavy (non-hydrogen) atoms. The van der Waals surface area contributed by atoms with Gasteiger partial charge in [0.2, 0.25) is 0 Å². The van der Waals surface area contributed by atoms with Crippen molar-refractivity contribution in [1.82, 2.24) is 0 Å². The molecule has 0 aromatic heterocycles. The molecule has 0 unspecified atom stereocenters. The van der Waals surface area contributed by atoms with Crippen LogP contribution >= 0.6 is 23.2 Å². The largest absolute Gasteiger partial charge is 0.508 e. The summed E-state index contributed by atoms with van der Waals surface area (Å²) in [6.45, 7) is 0. The number of rotatable bonds is 3. The molecular weight excluding hydrogens is 269 g/mol. The molecule has 0 atom stereocenters. The van der Waals surface area contributed by atoms with Gasteiger partial charge in [0.25, 0.3) is 0 Å². The van der Waals surface area contributed by atoms with Crippen LogP contribution in [-0.4, -0.2) is 12.2 Å². The summed E-state index contributed by atoms with van der Waals surface area (Å²) in [5, 5.41) is 14.0. The zero-order valence-corrected chi connectivity index (χ0v) is 11.4. The SMILES string of the molecule is CNc1ccc(Cc2ccc(Cl)cc2O)cc1Cl. The van der Waals surface area contributed by atoms with E-state index < -0.39 is 0 Å². The van der Waals surface area contributed by atoms with Gasteiger partial charge < -0.3 is 10.4 Å². The number of phenolic OH excluding ortho intramolecular Hbond substituents is 1. The summed E-state index contributed by atoms with van der Waals surface area (Å²) in [5.41, 5.74) is 2.75. The zero-order valence-electron chi connectivity index (χ0n) is 9.87. The third-order valence-electron chi connectivity index (χ3n) is 2.74. The average Bonchev–Trinajstić information content (AvgIpc) is 2.33. The summed E-state index contributed by atoms with van der Waals surface area (Å²) in [5.74, 6) is 0.205. The number of hydrogen-bond donors (Lipinski definition) is 2. The summed E-state index contributed by atoms with van der Waals surface area (Å²) >= 11 is 11.9. The van der Waals surface area contributed by atoms with Crippen molar-refractivity contribution in [2.75, 3.05) is 12.4 Å². The molecule has 0 radical (unpaired) electrons. The maximum absolute atomic E-state index is 9.79. The van der Waals surface area contributed by atoms with Gasteiger partial charge in [0.15, 0.2) is 0 Å². The number of anilines is 1. The van der Waals surface area contributed by atoms with Gasteiger partial charge in [0.1, 0.15) is 5.75 Å². The van der Waals surface area contributed by atoms with Crippen LogP contribution < -0.4 is 5.32 Å². The Balaban J connectivity index is 2.26. The quantitative estimate of drug-likeness (QED) is 0.878. The predicted molar refractivity (Wildman–Crippen MR) is 76.9 cm³/mol. The lowest BCUT2D eigenvalue weighted by Crippen LogP contribution is -1.93. The molecule has 0 saturated carbocycles. The van der Waals surface area contributed by atoms with E-state index in [1.807, 2.05) is 31.3 Å². The van der Waals surface area contributed by atoms with Crippen LogP contribution in [0.25, 0.3) is 0 Å². The van der Waals surface area contributed by atoms with E-state index in [9.17, 15) is 5.11 Å². The Kier molecular flexibility index (Phi) is 4.00. The van der Waals surface area contributed by atoms with E-state index in [-0.39, 0.29) is 5.75 Å². The van der Waals surface area contributed by atoms with Gasteiger partial charge in [0.05, 0.1) is 10.7 Å². The van der Waals surface area contributed by atoms with Crippen molar-refractivity contribution in [1.29, 1.82) is 0 Å². The fourth-order valence-electron chi connectivity index (χ4n) is 1.78. The average molecular weight is 282 g/mol. The lowest BCUT2D eigenvalue weighted by molar-refractivity contribution is 0.469. The molecular formula is C14H13Cl2NO. The molecule has 2 aromatic carbocycles. The van der Waals surface area contributed by atoms with E-state index in [1.165, 1.54) is 0 Å². The Morgan fingerprint density at radius 3 is 2.50 bits per heavy atom. The molecule has 2 N–H and O–H groups in total. The van der Waals surface area contributed by atoms with Crippen molar-refractivity contribution in [2.24, 2.45) is 0 Å². The first-order valence-electron chi connectivity index (χ1n) is 5.53. The molecule has 4 heteroatoms. The smallest absolute Gasteiger partial charge is 0.120 e. The molecule has 0 spiro atoms. The number of halogens is 2. The van der Waals surface area contributed by atoms with E-state index in [2.05, 4.69) is 5.32 Å². The number of nitrogens with one attached hydrogen (secondary N) is 1. The Labute approximate surface area is 116 Å². The molecule has 0 aliphatic heterocycles. The van der Waals surface area contributed by atoms with Crippen LogP contribution in [0.4, 0.5) is 5.69 Å². The van der Waals surface area contributed by atoms with Gasteiger partial charge in [-0.2, -0.15) is 0 Å². The van der Waals surface area contributed by atoms with Crippen LogP contribution in [0.1, 0.15) is 11.1 Å². The molecule has 0 fully saturated rings. The molecule has 0 bridgehead atoms. The maximum atomic E-state index is 9.79. The van der Waals surface area contributed by atoms with Gasteiger partial charge in [-0.25, -0.2) is 0 Å². The first-order chi connectivity index (χ1) is 8.60. The molecule has 2 rings (SSSR count). The first-order valence-corrected chi connectivity index (χ1v) is 6.29. The normalized spacial score (nSPS) is 10.4. The van der Waals surface area contributed by atoms with Gasteiger partial charge in [-0.05, 0) is 35.4 Å². The molecule has 2 aromatic rings. The summed E-state index contributed by atoms with van der Waals surface area (Å²) < 4.78 is 0. The van der Waals surface area contributed by atoms with Crippen molar-refractivity contribution in [3.05, 3.63) is 57.6 Å². The van der Waals surface area contributed by atoms with Crippen LogP contribution in [0.3, 0.4) is 0 Å². The van der Waals surface area contributed by atoms with E-state index in [4.69, 9.17) is 23.2 Å². The molecule has 0 saturated heterocycles. The summed E-state index contributed by atoms with van der Waals surface area (Å²) in [7, 11) is 1.83. The lowest BCUT2D eigenvalue weighted by Gasteiger charge is -2.08. The molecule has 2 nitrogen and oxygen atoms in total. The van der Waals surface area contributed by atoms with Crippen LogP contribution in [0.2, 0.25) is 10.0 Å². The number of benzene rings is 2. The van der Waals surface area contributed by atoms with Crippen molar-refractivity contribution < 1.29 is 5.11 Å². The lowest BCUT2D eigenvalue weighted by atomic mass is 10.0. The summed E-state index contributed by atoms with van der Waals surface area (Å²) in [6.07, 6.45) is 0.618. The highest BCUT2D eigenvalue weighted by Crippen LogP contribution is 2.27. The molecule has 0 amide bonds. The number of hydrogen-bond acceptors (Lipinski definition) is 2. The van der Waals surface area contributed by atoms with Crippen LogP contribution in [0.15, 0.2) is 36.4 Å². The van der Waals surface area contributed by atoms with Gasteiger partial charge >= 0.3 is 0 Å². The van der Waals surface area contributed by atoms with E-state index in [0.29, 0.717) is 16.5 Å². The van der Waals surface area contributed by atoms with Gasteiger partial charge in [-0.3, -0.25) is 0 Å². The van der Waals surface area contributed by atoms with Gasteiger partial charge in [-0.15, -0.1) is 0 Å². The van der Waals surface area contributed by atoms with Crippen molar-refractivity contribution in [3.63, 3.8) is 0 Å². The first kappa shape index (κ1) is 13.1. The maximum Gasteiger partial charge on any atom is 0.120 e. The summed E-state index contributed by atoms with van der Waals surface area (Å²) in [4.78, 5) is 0. The fraction of sp³-hybridized carbons (Fsp3) is 0.143. The third-order valence-corrected chi connectivity index (χ3v) is 3.29. The van der Waals surface area contributed by atoms with Gasteiger partial charge in [0, 0.05) is 18.5 Å². The zero-order chi connectivity index (χ0) is 13.1. The Hall–Kier alpha value is -1.38. The highest BCUT2D eigenvalue weighted by molar-refractivity contribution is 6.33. The van der Waals surface area contributed by atoms with Crippen molar-refractivity contribution in [2.45, 2.75) is 6.42 Å². The van der Waals surface area contributed by atoms with E-state index in [1.54, 1.807) is 12.1 Å². The standard InChI is InChI=1S/C14H13Cl2NO/c1-17-13-5-2-9(7-12(13)16)6-10-3-4-11(15)8-14(10)18/h2-5,7-8,17-18H,6H2,1H3. The predicted octanol–water partition coefficient (Wildman–Crippen LogP) is 4.33. The summed E-state index contributed by atoms with van der Waals surface area (Å²) in [6, 6.07) is 10.9. The topological polar surface area (TPSA) is 32.3 Å². The Morgan fingerprint density at radius 2 is 1.89 bits per heavy atom. The second-order valence-corrected chi connectivity index (χ2v) is 4.86. The minimum absolute atomic E-state index is 0.205. The molecule has 0 aliphatic carbocycles. The van der Waals surface area contributed by atoms with Crippen LogP contribution in [0, 0.1) is 0 Å². The van der Waals surface area contributed by atoms with Crippen molar-refractivity contribution >= 4 is 28.9 Å². The Bertz CT molecular complexity index is 570. The van der Waals surface area contributed by atoms with Crippen LogP contribution in [0.5, 0.6) is 5.75 Å². The minimum atomic E-state index is 0.205. The fourth-order valence-corrected chi connectivity index (χ4v) is 2.24. The highest BCUT2D eigenvalue weighted by atomic mass is 35.5. The monoisotopic (exact) mass is 281 g/mol.